The van der Waals surface area contributed by atoms with E-state index in [0.29, 0.717) is 16.2 Å². The van der Waals surface area contributed by atoms with E-state index in [1.54, 1.807) is 30.3 Å². The topological polar surface area (TPSA) is 55.1 Å². The molecule has 0 atom stereocenters. The van der Waals surface area contributed by atoms with Crippen molar-refractivity contribution in [2.45, 2.75) is 0 Å². The molecular weight excluding hydrogens is 404 g/mol. The summed E-state index contributed by atoms with van der Waals surface area (Å²) < 4.78 is 1.66. The first-order valence-corrected chi connectivity index (χ1v) is 7.63. The van der Waals surface area contributed by atoms with Gasteiger partial charge >= 0.3 is 0 Å². The number of rotatable bonds is 3. The van der Waals surface area contributed by atoms with Gasteiger partial charge in [-0.2, -0.15) is 0 Å². The van der Waals surface area contributed by atoms with Gasteiger partial charge in [0.25, 0.3) is 5.91 Å². The number of hydrogen-bond donors (Lipinski definition) is 2. The quantitative estimate of drug-likeness (QED) is 0.744. The third-order valence-corrected chi connectivity index (χ3v) is 4.03. The van der Waals surface area contributed by atoms with Gasteiger partial charge in [0, 0.05) is 20.1 Å². The van der Waals surface area contributed by atoms with E-state index in [1.165, 1.54) is 0 Å². The average Bonchev–Trinajstić information content (AvgIpc) is 2.41. The van der Waals surface area contributed by atoms with Crippen LogP contribution in [-0.4, -0.2) is 10.9 Å². The number of carbonyl (C=O) groups is 1. The highest BCUT2D eigenvalue weighted by Crippen LogP contribution is 2.24. The van der Waals surface area contributed by atoms with Crippen LogP contribution in [0.1, 0.15) is 15.9 Å². The van der Waals surface area contributed by atoms with Gasteiger partial charge in [0.05, 0.1) is 5.69 Å². The molecule has 0 spiro atoms. The molecule has 2 aromatic rings. The molecule has 0 unspecified atom stereocenters. The lowest BCUT2D eigenvalue weighted by Gasteiger charge is -2.09. The van der Waals surface area contributed by atoms with Crippen LogP contribution < -0.4 is 11.1 Å². The fourth-order valence-electron chi connectivity index (χ4n) is 1.57. The largest absolute Gasteiger partial charge is 0.389 e. The van der Waals surface area contributed by atoms with Crippen molar-refractivity contribution < 1.29 is 4.79 Å². The van der Waals surface area contributed by atoms with E-state index in [-0.39, 0.29) is 5.91 Å². The van der Waals surface area contributed by atoms with Crippen molar-refractivity contribution in [2.75, 3.05) is 5.32 Å². The third-order valence-electron chi connectivity index (χ3n) is 2.61. The molecule has 0 aromatic heterocycles. The normalized spacial score (nSPS) is 10.1. The first kappa shape index (κ1) is 15.2. The minimum atomic E-state index is -0.179. The van der Waals surface area contributed by atoms with E-state index < -0.39 is 0 Å². The van der Waals surface area contributed by atoms with Crippen LogP contribution in [0.3, 0.4) is 0 Å². The Morgan fingerprint density at radius 3 is 2.20 bits per heavy atom. The Morgan fingerprint density at radius 2 is 1.65 bits per heavy atom. The Hall–Kier alpha value is -1.24. The van der Waals surface area contributed by atoms with Crippen LogP contribution in [-0.2, 0) is 0 Å². The minimum absolute atomic E-state index is 0.179. The van der Waals surface area contributed by atoms with E-state index in [1.807, 2.05) is 12.1 Å². The minimum Gasteiger partial charge on any atom is -0.389 e. The van der Waals surface area contributed by atoms with Gasteiger partial charge in [-0.1, -0.05) is 28.1 Å². The number of benzene rings is 2. The molecule has 2 rings (SSSR count). The molecule has 3 N–H and O–H groups in total. The molecule has 6 heteroatoms. The van der Waals surface area contributed by atoms with Gasteiger partial charge < -0.3 is 11.1 Å². The maximum Gasteiger partial charge on any atom is 0.255 e. The molecule has 0 aliphatic heterocycles. The van der Waals surface area contributed by atoms with Crippen LogP contribution in [0.15, 0.2) is 51.4 Å². The molecular formula is C14H10Br2N2OS. The number of halogens is 2. The number of nitrogens with one attached hydrogen (secondary N) is 1. The van der Waals surface area contributed by atoms with Crippen LogP contribution >= 0.6 is 44.1 Å². The Balaban J connectivity index is 2.19. The first-order valence-electron chi connectivity index (χ1n) is 5.63. The monoisotopic (exact) mass is 412 g/mol. The number of amides is 1. The third kappa shape index (κ3) is 3.65. The van der Waals surface area contributed by atoms with Crippen LogP contribution in [0, 0.1) is 0 Å². The van der Waals surface area contributed by atoms with Gasteiger partial charge in [0.2, 0.25) is 0 Å². The predicted molar refractivity (Wildman–Crippen MR) is 92.1 cm³/mol. The first-order chi connectivity index (χ1) is 9.47. The van der Waals surface area contributed by atoms with Gasteiger partial charge in [0.1, 0.15) is 4.99 Å². The Morgan fingerprint density at radius 1 is 1.05 bits per heavy atom. The predicted octanol–water partition coefficient (Wildman–Crippen LogP) is 4.10. The summed E-state index contributed by atoms with van der Waals surface area (Å²) in [6.45, 7) is 0. The van der Waals surface area contributed by atoms with Crippen LogP contribution in [0.25, 0.3) is 0 Å². The number of anilines is 1. The lowest BCUT2D eigenvalue weighted by atomic mass is 10.2. The second-order valence-electron chi connectivity index (χ2n) is 4.02. The molecule has 3 nitrogen and oxygen atoms in total. The average molecular weight is 414 g/mol. The second kappa shape index (κ2) is 6.47. The highest BCUT2D eigenvalue weighted by Gasteiger charge is 2.09. The van der Waals surface area contributed by atoms with Crippen molar-refractivity contribution in [2.24, 2.45) is 5.73 Å². The van der Waals surface area contributed by atoms with Crippen molar-refractivity contribution >= 4 is 60.7 Å². The number of carbonyl (C=O) groups excluding carboxylic acids is 1. The van der Waals surface area contributed by atoms with Crippen LogP contribution in [0.5, 0.6) is 0 Å². The summed E-state index contributed by atoms with van der Waals surface area (Å²) in [7, 11) is 0. The molecule has 0 radical (unpaired) electrons. The molecule has 0 aliphatic carbocycles. The summed E-state index contributed by atoms with van der Waals surface area (Å²) in [6, 6.07) is 12.4. The van der Waals surface area contributed by atoms with E-state index in [9.17, 15) is 4.79 Å². The Kier molecular flexibility index (Phi) is 4.91. The maximum atomic E-state index is 12.1. The van der Waals surface area contributed by atoms with E-state index in [0.717, 1.165) is 14.5 Å². The highest BCUT2D eigenvalue weighted by atomic mass is 79.9. The zero-order valence-corrected chi connectivity index (χ0v) is 14.2. The molecule has 0 heterocycles. The van der Waals surface area contributed by atoms with Gasteiger partial charge in [-0.3, -0.25) is 4.79 Å². The lowest BCUT2D eigenvalue weighted by molar-refractivity contribution is 0.102. The number of hydrogen-bond acceptors (Lipinski definition) is 2. The Bertz CT molecular complexity index is 671. The van der Waals surface area contributed by atoms with Crippen molar-refractivity contribution in [3.63, 3.8) is 0 Å². The summed E-state index contributed by atoms with van der Waals surface area (Å²) in [4.78, 5) is 12.4. The highest BCUT2D eigenvalue weighted by molar-refractivity contribution is 9.10. The van der Waals surface area contributed by atoms with Crippen molar-refractivity contribution in [3.05, 3.63) is 62.5 Å². The van der Waals surface area contributed by atoms with Gasteiger partial charge in [0.15, 0.2) is 0 Å². The summed E-state index contributed by atoms with van der Waals surface area (Å²) in [5, 5.41) is 2.83. The fourth-order valence-corrected chi connectivity index (χ4v) is 2.43. The Labute approximate surface area is 138 Å². The van der Waals surface area contributed by atoms with Crippen molar-refractivity contribution in [3.8, 4) is 0 Å². The van der Waals surface area contributed by atoms with Gasteiger partial charge in [-0.15, -0.1) is 0 Å². The number of nitrogens with two attached hydrogens (primary N) is 1. The summed E-state index contributed by atoms with van der Waals surface area (Å²) >= 11 is 11.6. The van der Waals surface area contributed by atoms with Crippen molar-refractivity contribution in [1.82, 2.24) is 0 Å². The molecule has 102 valence electrons. The maximum absolute atomic E-state index is 12.1. The standard InChI is InChI=1S/C14H10Br2N2OS/c15-10-4-1-8(2-5-10)14(19)18-12-6-3-9(13(17)20)7-11(12)16/h1-7H,(H2,17,20)(H,18,19). The zero-order chi connectivity index (χ0) is 14.7. The van der Waals surface area contributed by atoms with E-state index >= 15 is 0 Å². The van der Waals surface area contributed by atoms with Gasteiger partial charge in [-0.05, 0) is 58.4 Å². The van der Waals surface area contributed by atoms with Gasteiger partial charge in [-0.25, -0.2) is 0 Å². The smallest absolute Gasteiger partial charge is 0.255 e. The molecule has 0 fully saturated rings. The SMILES string of the molecule is NC(=S)c1ccc(NC(=O)c2ccc(Br)cc2)c(Br)c1. The summed E-state index contributed by atoms with van der Waals surface area (Å²) in [5.41, 5.74) is 7.55. The van der Waals surface area contributed by atoms with E-state index in [2.05, 4.69) is 37.2 Å². The fraction of sp³-hybridized carbons (Fsp3) is 0. The van der Waals surface area contributed by atoms with E-state index in [4.69, 9.17) is 18.0 Å². The van der Waals surface area contributed by atoms with Crippen molar-refractivity contribution in [1.29, 1.82) is 0 Å². The van der Waals surface area contributed by atoms with Crippen LogP contribution in [0.2, 0.25) is 0 Å². The number of thiocarbonyl (C=S) groups is 1. The second-order valence-corrected chi connectivity index (χ2v) is 6.23. The summed E-state index contributed by atoms with van der Waals surface area (Å²) in [5.74, 6) is -0.179. The molecule has 0 saturated carbocycles. The van der Waals surface area contributed by atoms with Crippen LogP contribution in [0.4, 0.5) is 5.69 Å². The molecule has 20 heavy (non-hydrogen) atoms. The zero-order valence-electron chi connectivity index (χ0n) is 10.2. The molecule has 0 bridgehead atoms. The summed E-state index contributed by atoms with van der Waals surface area (Å²) in [6.07, 6.45) is 0. The molecule has 2 aromatic carbocycles. The lowest BCUT2D eigenvalue weighted by Crippen LogP contribution is -2.13. The molecule has 0 aliphatic rings. The molecule has 1 amide bonds. The molecule has 0 saturated heterocycles.